The fourth-order valence-corrected chi connectivity index (χ4v) is 5.00. The summed E-state index contributed by atoms with van der Waals surface area (Å²) in [6.07, 6.45) is 5.32. The molecule has 2 aromatic heterocycles. The molecule has 0 aromatic carbocycles. The third-order valence-corrected chi connectivity index (χ3v) is 6.68. The number of hydrogen-bond acceptors (Lipinski definition) is 4. The van der Waals surface area contributed by atoms with Gasteiger partial charge in [-0.25, -0.2) is 8.42 Å². The van der Waals surface area contributed by atoms with Crippen molar-refractivity contribution in [2.75, 3.05) is 13.1 Å². The molecule has 1 fully saturated rings. The Morgan fingerprint density at radius 2 is 2.05 bits per heavy atom. The Bertz CT molecular complexity index is 612. The molecule has 1 aliphatic heterocycles. The van der Waals surface area contributed by atoms with Crippen molar-refractivity contribution in [1.82, 2.24) is 14.1 Å². The van der Waals surface area contributed by atoms with Crippen molar-refractivity contribution in [3.8, 4) is 0 Å². The van der Waals surface area contributed by atoms with Gasteiger partial charge in [-0.3, -0.25) is 4.68 Å². The first kappa shape index (κ1) is 12.8. The van der Waals surface area contributed by atoms with Gasteiger partial charge in [0.15, 0.2) is 0 Å². The highest BCUT2D eigenvalue weighted by Crippen LogP contribution is 2.27. The number of sulfonamides is 1. The van der Waals surface area contributed by atoms with Crippen LogP contribution in [-0.2, 0) is 10.0 Å². The number of piperidine rings is 1. The Hall–Kier alpha value is -1.18. The molecule has 5 nitrogen and oxygen atoms in total. The molecule has 0 unspecified atom stereocenters. The molecule has 0 N–H and O–H groups in total. The first-order valence-electron chi connectivity index (χ1n) is 6.21. The number of nitrogens with zero attached hydrogens (tertiary/aromatic N) is 3. The Kier molecular flexibility index (Phi) is 3.42. The minimum Gasteiger partial charge on any atom is -0.270 e. The SMILES string of the molecule is O=S(=O)(c1cccs1)N1CCC(n2cccn2)CC1. The molecule has 2 aromatic rings. The van der Waals surface area contributed by atoms with Crippen LogP contribution in [0, 0.1) is 0 Å². The summed E-state index contributed by atoms with van der Waals surface area (Å²) in [6, 6.07) is 5.65. The first-order chi connectivity index (χ1) is 9.18. The lowest BCUT2D eigenvalue weighted by Crippen LogP contribution is -2.38. The highest BCUT2D eigenvalue weighted by Gasteiger charge is 2.30. The highest BCUT2D eigenvalue weighted by atomic mass is 32.2. The maximum absolute atomic E-state index is 12.4. The number of rotatable bonds is 3. The van der Waals surface area contributed by atoms with Crippen LogP contribution in [0.1, 0.15) is 18.9 Å². The largest absolute Gasteiger partial charge is 0.270 e. The lowest BCUT2D eigenvalue weighted by atomic mass is 10.1. The van der Waals surface area contributed by atoms with E-state index in [2.05, 4.69) is 5.10 Å². The average Bonchev–Trinajstić information content (AvgIpc) is 3.12. The molecule has 7 heteroatoms. The molecule has 1 saturated heterocycles. The van der Waals surface area contributed by atoms with E-state index in [1.165, 1.54) is 11.3 Å². The van der Waals surface area contributed by atoms with Crippen LogP contribution < -0.4 is 0 Å². The molecule has 0 atom stereocenters. The minimum absolute atomic E-state index is 0.310. The van der Waals surface area contributed by atoms with E-state index in [0.717, 1.165) is 12.8 Å². The lowest BCUT2D eigenvalue weighted by molar-refractivity contribution is 0.261. The molecule has 1 aliphatic rings. The van der Waals surface area contributed by atoms with Gasteiger partial charge in [-0.05, 0) is 30.4 Å². The maximum Gasteiger partial charge on any atom is 0.252 e. The van der Waals surface area contributed by atoms with Gasteiger partial charge in [-0.2, -0.15) is 9.40 Å². The summed E-state index contributed by atoms with van der Waals surface area (Å²) >= 11 is 1.27. The molecular formula is C12H15N3O2S2. The lowest BCUT2D eigenvalue weighted by Gasteiger charge is -2.30. The molecule has 19 heavy (non-hydrogen) atoms. The van der Waals surface area contributed by atoms with Crippen molar-refractivity contribution in [3.63, 3.8) is 0 Å². The first-order valence-corrected chi connectivity index (χ1v) is 8.53. The van der Waals surface area contributed by atoms with Crippen LogP contribution in [0.25, 0.3) is 0 Å². The van der Waals surface area contributed by atoms with Gasteiger partial charge in [0.1, 0.15) is 4.21 Å². The summed E-state index contributed by atoms with van der Waals surface area (Å²) in [6.45, 7) is 1.12. The van der Waals surface area contributed by atoms with E-state index in [1.807, 2.05) is 16.9 Å². The van der Waals surface area contributed by atoms with Crippen molar-refractivity contribution < 1.29 is 8.42 Å². The third-order valence-electron chi connectivity index (χ3n) is 3.41. The number of thiophene rings is 1. The maximum atomic E-state index is 12.4. The zero-order chi connectivity index (χ0) is 13.3. The molecular weight excluding hydrogens is 282 g/mol. The third kappa shape index (κ3) is 2.45. The van der Waals surface area contributed by atoms with E-state index in [0.29, 0.717) is 23.3 Å². The Morgan fingerprint density at radius 3 is 2.63 bits per heavy atom. The van der Waals surface area contributed by atoms with Crippen LogP contribution >= 0.6 is 11.3 Å². The molecule has 0 radical (unpaired) electrons. The predicted octanol–water partition coefficient (Wildman–Crippen LogP) is 1.97. The van der Waals surface area contributed by atoms with Gasteiger partial charge in [0.2, 0.25) is 0 Å². The fraction of sp³-hybridized carbons (Fsp3) is 0.417. The normalized spacial score (nSPS) is 18.7. The highest BCUT2D eigenvalue weighted by molar-refractivity contribution is 7.91. The van der Waals surface area contributed by atoms with E-state index < -0.39 is 10.0 Å². The van der Waals surface area contributed by atoms with Gasteiger partial charge < -0.3 is 0 Å². The van der Waals surface area contributed by atoms with E-state index in [1.54, 1.807) is 28.0 Å². The van der Waals surface area contributed by atoms with Gasteiger partial charge in [0.25, 0.3) is 10.0 Å². The topological polar surface area (TPSA) is 55.2 Å². The van der Waals surface area contributed by atoms with Crippen LogP contribution in [0.3, 0.4) is 0 Å². The summed E-state index contributed by atoms with van der Waals surface area (Å²) < 4.78 is 28.7. The van der Waals surface area contributed by atoms with E-state index in [-0.39, 0.29) is 0 Å². The number of hydrogen-bond donors (Lipinski definition) is 0. The van der Waals surface area contributed by atoms with E-state index in [4.69, 9.17) is 0 Å². The monoisotopic (exact) mass is 297 g/mol. The van der Waals surface area contributed by atoms with Crippen molar-refractivity contribution in [1.29, 1.82) is 0 Å². The molecule has 0 bridgehead atoms. The summed E-state index contributed by atoms with van der Waals surface area (Å²) in [5.41, 5.74) is 0. The van der Waals surface area contributed by atoms with Crippen LogP contribution in [0.2, 0.25) is 0 Å². The van der Waals surface area contributed by atoms with E-state index in [9.17, 15) is 8.42 Å². The smallest absolute Gasteiger partial charge is 0.252 e. The van der Waals surface area contributed by atoms with Gasteiger partial charge in [-0.15, -0.1) is 11.3 Å². The second kappa shape index (κ2) is 5.07. The zero-order valence-electron chi connectivity index (χ0n) is 10.3. The average molecular weight is 297 g/mol. The fourth-order valence-electron chi connectivity index (χ4n) is 2.38. The Morgan fingerprint density at radius 1 is 1.26 bits per heavy atom. The predicted molar refractivity (Wildman–Crippen MR) is 73.6 cm³/mol. The van der Waals surface area contributed by atoms with Gasteiger partial charge >= 0.3 is 0 Å². The zero-order valence-corrected chi connectivity index (χ0v) is 12.0. The molecule has 3 rings (SSSR count). The van der Waals surface area contributed by atoms with Crippen molar-refractivity contribution in [2.24, 2.45) is 0 Å². The summed E-state index contributed by atoms with van der Waals surface area (Å²) in [5.74, 6) is 0. The molecule has 0 spiro atoms. The van der Waals surface area contributed by atoms with Crippen molar-refractivity contribution >= 4 is 21.4 Å². The van der Waals surface area contributed by atoms with Crippen molar-refractivity contribution in [3.05, 3.63) is 36.0 Å². The minimum atomic E-state index is -3.29. The van der Waals surface area contributed by atoms with Crippen molar-refractivity contribution in [2.45, 2.75) is 23.1 Å². The summed E-state index contributed by atoms with van der Waals surface area (Å²) in [4.78, 5) is 0. The molecule has 0 aliphatic carbocycles. The second-order valence-electron chi connectivity index (χ2n) is 4.55. The molecule has 0 amide bonds. The van der Waals surface area contributed by atoms with Gasteiger partial charge in [0.05, 0.1) is 6.04 Å². The summed E-state index contributed by atoms with van der Waals surface area (Å²) in [5, 5.41) is 6.02. The molecule has 0 saturated carbocycles. The Balaban J connectivity index is 1.71. The van der Waals surface area contributed by atoms with Crippen LogP contribution in [0.15, 0.2) is 40.2 Å². The standard InChI is InChI=1S/C12H15N3O2S2/c16-19(17,12-3-1-10-18-12)14-8-4-11(5-9-14)15-7-2-6-13-15/h1-3,6-7,10-11H,4-5,8-9H2. The quantitative estimate of drug-likeness (QED) is 0.870. The van der Waals surface area contributed by atoms with Gasteiger partial charge in [-0.1, -0.05) is 6.07 Å². The van der Waals surface area contributed by atoms with Crippen LogP contribution in [0.5, 0.6) is 0 Å². The molecule has 3 heterocycles. The number of aromatic nitrogens is 2. The summed E-state index contributed by atoms with van der Waals surface area (Å²) in [7, 11) is -3.29. The van der Waals surface area contributed by atoms with Crippen LogP contribution in [0.4, 0.5) is 0 Å². The molecule has 102 valence electrons. The van der Waals surface area contributed by atoms with Gasteiger partial charge in [0, 0.05) is 25.5 Å². The Labute approximate surface area is 116 Å². The second-order valence-corrected chi connectivity index (χ2v) is 7.67. The van der Waals surface area contributed by atoms with E-state index >= 15 is 0 Å². The van der Waals surface area contributed by atoms with Crippen LogP contribution in [-0.4, -0.2) is 35.6 Å².